The topological polar surface area (TPSA) is 55.8 Å². The van der Waals surface area contributed by atoms with Gasteiger partial charge >= 0.3 is 0 Å². The van der Waals surface area contributed by atoms with Gasteiger partial charge in [-0.1, -0.05) is 43.3 Å². The van der Waals surface area contributed by atoms with Crippen LogP contribution in [0.25, 0.3) is 0 Å². The second-order valence-electron chi connectivity index (χ2n) is 7.61. The van der Waals surface area contributed by atoms with E-state index in [0.717, 1.165) is 36.5 Å². The summed E-state index contributed by atoms with van der Waals surface area (Å²) in [5.41, 5.74) is 3.42. The van der Waals surface area contributed by atoms with E-state index in [2.05, 4.69) is 23.1 Å². The number of rotatable bonds is 7. The van der Waals surface area contributed by atoms with E-state index in [9.17, 15) is 8.42 Å². The van der Waals surface area contributed by atoms with Gasteiger partial charge in [0.25, 0.3) is 0 Å². The molecule has 3 rings (SSSR count). The molecule has 0 aliphatic carbocycles. The van der Waals surface area contributed by atoms with Crippen molar-refractivity contribution in [1.82, 2.24) is 4.90 Å². The Labute approximate surface area is 168 Å². The number of morpholine rings is 1. The van der Waals surface area contributed by atoms with Crippen LogP contribution in [-0.2, 0) is 21.1 Å². The average Bonchev–Trinajstić information content (AvgIpc) is 2.67. The highest BCUT2D eigenvalue weighted by Crippen LogP contribution is 2.26. The molecule has 2 aromatic carbocycles. The standard InChI is InChI=1S/C22H29NO4S/c1-17(16-28(3,24)25)19-9-7-18(8-10-19)14-23-11-12-27-22(15-23)20-5-4-6-21(13-20)26-2/h4-10,13,17,22H,11-12,14-16H2,1-3H3/t17-,22?/m0/s1. The number of hydrogen-bond donors (Lipinski definition) is 0. The number of methoxy groups -OCH3 is 1. The molecule has 1 saturated heterocycles. The summed E-state index contributed by atoms with van der Waals surface area (Å²) in [6.07, 6.45) is 1.33. The average molecular weight is 404 g/mol. The zero-order chi connectivity index (χ0) is 20.1. The van der Waals surface area contributed by atoms with Crippen LogP contribution in [0.4, 0.5) is 0 Å². The maximum atomic E-state index is 11.5. The molecule has 1 aliphatic rings. The molecular formula is C22H29NO4S. The van der Waals surface area contributed by atoms with E-state index < -0.39 is 9.84 Å². The van der Waals surface area contributed by atoms with Gasteiger partial charge < -0.3 is 9.47 Å². The number of nitrogens with zero attached hydrogens (tertiary/aromatic N) is 1. The third kappa shape index (κ3) is 5.80. The molecule has 1 heterocycles. The van der Waals surface area contributed by atoms with Crippen LogP contribution in [0.3, 0.4) is 0 Å². The molecule has 2 aromatic rings. The van der Waals surface area contributed by atoms with Crippen LogP contribution in [0.2, 0.25) is 0 Å². The summed E-state index contributed by atoms with van der Waals surface area (Å²) in [7, 11) is -1.30. The van der Waals surface area contributed by atoms with Crippen molar-refractivity contribution in [2.24, 2.45) is 0 Å². The van der Waals surface area contributed by atoms with Crippen LogP contribution in [0.5, 0.6) is 5.75 Å². The van der Waals surface area contributed by atoms with Crippen molar-refractivity contribution in [3.63, 3.8) is 0 Å². The van der Waals surface area contributed by atoms with E-state index in [1.807, 2.05) is 37.3 Å². The molecule has 152 valence electrons. The van der Waals surface area contributed by atoms with Gasteiger partial charge in [-0.25, -0.2) is 8.42 Å². The van der Waals surface area contributed by atoms with E-state index in [0.29, 0.717) is 6.61 Å². The molecule has 0 radical (unpaired) electrons. The Kier molecular flexibility index (Phi) is 6.75. The molecular weight excluding hydrogens is 374 g/mol. The fraction of sp³-hybridized carbons (Fsp3) is 0.455. The first-order valence-electron chi connectivity index (χ1n) is 9.58. The number of benzene rings is 2. The minimum Gasteiger partial charge on any atom is -0.497 e. The Morgan fingerprint density at radius 3 is 2.64 bits per heavy atom. The summed E-state index contributed by atoms with van der Waals surface area (Å²) < 4.78 is 34.3. The minimum atomic E-state index is -2.97. The van der Waals surface area contributed by atoms with Crippen LogP contribution in [0.15, 0.2) is 48.5 Å². The first-order valence-corrected chi connectivity index (χ1v) is 11.6. The highest BCUT2D eigenvalue weighted by atomic mass is 32.2. The molecule has 1 aliphatic heterocycles. The molecule has 0 N–H and O–H groups in total. The highest BCUT2D eigenvalue weighted by Gasteiger charge is 2.22. The van der Waals surface area contributed by atoms with Crippen molar-refractivity contribution in [3.05, 3.63) is 65.2 Å². The molecule has 1 fully saturated rings. The predicted molar refractivity (Wildman–Crippen MR) is 112 cm³/mol. The Hall–Kier alpha value is -1.89. The van der Waals surface area contributed by atoms with Crippen molar-refractivity contribution in [2.45, 2.75) is 25.5 Å². The fourth-order valence-corrected chi connectivity index (χ4v) is 4.75. The zero-order valence-corrected chi connectivity index (χ0v) is 17.6. The maximum absolute atomic E-state index is 11.5. The summed E-state index contributed by atoms with van der Waals surface area (Å²) in [6, 6.07) is 16.3. The summed E-state index contributed by atoms with van der Waals surface area (Å²) in [4.78, 5) is 2.39. The van der Waals surface area contributed by atoms with E-state index >= 15 is 0 Å². The smallest absolute Gasteiger partial charge is 0.148 e. The SMILES string of the molecule is COc1cccc(C2CN(Cc3ccc([C@@H](C)CS(C)(=O)=O)cc3)CCO2)c1. The third-order valence-corrected chi connectivity index (χ3v) is 6.23. The van der Waals surface area contributed by atoms with Crippen molar-refractivity contribution >= 4 is 9.84 Å². The maximum Gasteiger partial charge on any atom is 0.148 e. The van der Waals surface area contributed by atoms with Gasteiger partial charge in [0.05, 0.1) is 25.6 Å². The molecule has 1 unspecified atom stereocenters. The second kappa shape index (κ2) is 9.07. The first kappa shape index (κ1) is 20.8. The first-order chi connectivity index (χ1) is 13.3. The molecule has 0 spiro atoms. The molecule has 28 heavy (non-hydrogen) atoms. The van der Waals surface area contributed by atoms with E-state index in [1.54, 1.807) is 7.11 Å². The lowest BCUT2D eigenvalue weighted by Crippen LogP contribution is -2.37. The van der Waals surface area contributed by atoms with Gasteiger partial charge in [0.1, 0.15) is 15.6 Å². The van der Waals surface area contributed by atoms with Gasteiger partial charge in [0.15, 0.2) is 0 Å². The summed E-state index contributed by atoms with van der Waals surface area (Å²) >= 11 is 0. The predicted octanol–water partition coefficient (Wildman–Crippen LogP) is 3.42. The molecule has 0 bridgehead atoms. The fourth-order valence-electron chi connectivity index (χ4n) is 3.65. The molecule has 0 amide bonds. The molecule has 5 nitrogen and oxygen atoms in total. The van der Waals surface area contributed by atoms with Gasteiger partial charge in [-0.15, -0.1) is 0 Å². The van der Waals surface area contributed by atoms with Crippen molar-refractivity contribution in [3.8, 4) is 5.75 Å². The van der Waals surface area contributed by atoms with Crippen LogP contribution >= 0.6 is 0 Å². The van der Waals surface area contributed by atoms with Crippen LogP contribution in [0, 0.1) is 0 Å². The summed E-state index contributed by atoms with van der Waals surface area (Å²) in [5.74, 6) is 1.03. The van der Waals surface area contributed by atoms with Gasteiger partial charge in [-0.3, -0.25) is 4.90 Å². The van der Waals surface area contributed by atoms with E-state index in [1.165, 1.54) is 11.8 Å². The summed E-state index contributed by atoms with van der Waals surface area (Å²) in [6.45, 7) is 5.23. The largest absolute Gasteiger partial charge is 0.497 e. The Bertz CT molecular complexity index is 880. The van der Waals surface area contributed by atoms with Crippen molar-refractivity contribution in [1.29, 1.82) is 0 Å². The molecule has 2 atom stereocenters. The van der Waals surface area contributed by atoms with Crippen LogP contribution < -0.4 is 4.74 Å². The van der Waals surface area contributed by atoms with E-state index in [4.69, 9.17) is 9.47 Å². The molecule has 0 saturated carbocycles. The Balaban J connectivity index is 1.61. The Morgan fingerprint density at radius 2 is 1.96 bits per heavy atom. The Morgan fingerprint density at radius 1 is 1.21 bits per heavy atom. The van der Waals surface area contributed by atoms with Gasteiger partial charge in [-0.05, 0) is 34.7 Å². The highest BCUT2D eigenvalue weighted by molar-refractivity contribution is 7.90. The molecule has 6 heteroatoms. The lowest BCUT2D eigenvalue weighted by molar-refractivity contribution is -0.0330. The quantitative estimate of drug-likeness (QED) is 0.709. The van der Waals surface area contributed by atoms with Gasteiger partial charge in [-0.2, -0.15) is 0 Å². The van der Waals surface area contributed by atoms with E-state index in [-0.39, 0.29) is 17.8 Å². The van der Waals surface area contributed by atoms with Gasteiger partial charge in [0, 0.05) is 25.9 Å². The lowest BCUT2D eigenvalue weighted by Gasteiger charge is -2.33. The number of sulfone groups is 1. The monoisotopic (exact) mass is 403 g/mol. The van der Waals surface area contributed by atoms with Crippen LogP contribution in [0.1, 0.15) is 35.6 Å². The zero-order valence-electron chi connectivity index (χ0n) is 16.8. The van der Waals surface area contributed by atoms with Gasteiger partial charge in [0.2, 0.25) is 0 Å². The van der Waals surface area contributed by atoms with Crippen molar-refractivity contribution in [2.75, 3.05) is 38.8 Å². The minimum absolute atomic E-state index is 0.00452. The summed E-state index contributed by atoms with van der Waals surface area (Å²) in [5, 5.41) is 0. The van der Waals surface area contributed by atoms with Crippen molar-refractivity contribution < 1.29 is 17.9 Å². The van der Waals surface area contributed by atoms with Crippen LogP contribution in [-0.4, -0.2) is 52.1 Å². The second-order valence-corrected chi connectivity index (χ2v) is 9.79. The normalized spacial score (nSPS) is 19.3. The number of ether oxygens (including phenoxy) is 2. The molecule has 0 aromatic heterocycles. The third-order valence-electron chi connectivity index (χ3n) is 5.12. The lowest BCUT2D eigenvalue weighted by atomic mass is 10.0. The number of hydrogen-bond acceptors (Lipinski definition) is 5.